The van der Waals surface area contributed by atoms with E-state index in [-0.39, 0.29) is 0 Å². The zero-order valence-electron chi connectivity index (χ0n) is 14.7. The number of halogens is 1. The Morgan fingerprint density at radius 3 is 2.64 bits per heavy atom. The Morgan fingerprint density at radius 1 is 1.16 bits per heavy atom. The highest BCUT2D eigenvalue weighted by Crippen LogP contribution is 2.32. The van der Waals surface area contributed by atoms with Crippen molar-refractivity contribution in [2.75, 3.05) is 17.7 Å². The summed E-state index contributed by atoms with van der Waals surface area (Å²) in [7, 11) is 1.61. The van der Waals surface area contributed by atoms with Crippen molar-refractivity contribution in [1.29, 1.82) is 0 Å². The maximum Gasteiger partial charge on any atom is 0.244 e. The predicted molar refractivity (Wildman–Crippen MR) is 101 cm³/mol. The first-order valence-electron chi connectivity index (χ1n) is 8.73. The molecular formula is C18H24ClN5O. The molecule has 0 spiro atoms. The lowest BCUT2D eigenvalue weighted by Gasteiger charge is -2.16. The molecular weight excluding hydrogens is 338 g/mol. The van der Waals surface area contributed by atoms with Crippen molar-refractivity contribution in [1.82, 2.24) is 15.2 Å². The van der Waals surface area contributed by atoms with Gasteiger partial charge in [0.25, 0.3) is 0 Å². The molecule has 2 aromatic rings. The summed E-state index contributed by atoms with van der Waals surface area (Å²) in [6, 6.07) is 4.15. The van der Waals surface area contributed by atoms with E-state index < -0.39 is 0 Å². The lowest BCUT2D eigenvalue weighted by molar-refractivity contribution is 0.416. The fraction of sp³-hybridized carbons (Fsp3) is 0.500. The number of anilines is 3. The normalized spacial score (nSPS) is 15.5. The van der Waals surface area contributed by atoms with Crippen LogP contribution < -0.4 is 15.4 Å². The maximum absolute atomic E-state index is 6.16. The number of benzene rings is 1. The van der Waals surface area contributed by atoms with E-state index in [1.54, 1.807) is 19.4 Å². The average molecular weight is 362 g/mol. The van der Waals surface area contributed by atoms with Gasteiger partial charge in [-0.3, -0.25) is 0 Å². The van der Waals surface area contributed by atoms with Gasteiger partial charge in [-0.2, -0.15) is 10.1 Å². The molecule has 0 bridgehead atoms. The SMILES string of the molecule is COc1cc(Cl)c(C)cc1Nc1cnnc(NC2CCCCCC2)n1. The van der Waals surface area contributed by atoms with Crippen LogP contribution in [0.5, 0.6) is 5.75 Å². The van der Waals surface area contributed by atoms with Crippen molar-refractivity contribution < 1.29 is 4.74 Å². The number of hydrogen-bond donors (Lipinski definition) is 2. The number of hydrogen-bond acceptors (Lipinski definition) is 6. The second-order valence-corrected chi connectivity index (χ2v) is 6.83. The summed E-state index contributed by atoms with van der Waals surface area (Å²) in [5, 5.41) is 15.5. The molecule has 2 N–H and O–H groups in total. The Labute approximate surface area is 153 Å². The Hall–Kier alpha value is -2.08. The van der Waals surface area contributed by atoms with E-state index in [0.29, 0.717) is 28.6 Å². The van der Waals surface area contributed by atoms with Gasteiger partial charge >= 0.3 is 0 Å². The number of rotatable bonds is 5. The highest BCUT2D eigenvalue weighted by Gasteiger charge is 2.14. The second-order valence-electron chi connectivity index (χ2n) is 6.42. The average Bonchev–Trinajstić information content (AvgIpc) is 2.87. The van der Waals surface area contributed by atoms with Crippen LogP contribution in [0.1, 0.15) is 44.1 Å². The molecule has 0 amide bonds. The maximum atomic E-state index is 6.16. The van der Waals surface area contributed by atoms with Crippen molar-refractivity contribution in [3.8, 4) is 5.75 Å². The number of methoxy groups -OCH3 is 1. The molecule has 1 aliphatic carbocycles. The van der Waals surface area contributed by atoms with Gasteiger partial charge in [-0.05, 0) is 31.4 Å². The minimum atomic E-state index is 0.423. The topological polar surface area (TPSA) is 72.0 Å². The van der Waals surface area contributed by atoms with Crippen LogP contribution in [-0.4, -0.2) is 28.3 Å². The first kappa shape index (κ1) is 17.7. The molecule has 1 heterocycles. The first-order chi connectivity index (χ1) is 12.2. The third kappa shape index (κ3) is 4.72. The molecule has 0 unspecified atom stereocenters. The van der Waals surface area contributed by atoms with Crippen molar-refractivity contribution in [2.24, 2.45) is 0 Å². The molecule has 1 aliphatic rings. The summed E-state index contributed by atoms with van der Waals surface area (Å²) in [6.45, 7) is 1.95. The zero-order chi connectivity index (χ0) is 17.6. The molecule has 1 aromatic carbocycles. The van der Waals surface area contributed by atoms with Crippen molar-refractivity contribution in [3.63, 3.8) is 0 Å². The van der Waals surface area contributed by atoms with Crippen LogP contribution in [0.25, 0.3) is 0 Å². The van der Waals surface area contributed by atoms with E-state index in [2.05, 4.69) is 25.8 Å². The van der Waals surface area contributed by atoms with Gasteiger partial charge < -0.3 is 15.4 Å². The van der Waals surface area contributed by atoms with Gasteiger partial charge in [-0.25, -0.2) is 0 Å². The highest BCUT2D eigenvalue weighted by atomic mass is 35.5. The fourth-order valence-electron chi connectivity index (χ4n) is 3.10. The quantitative estimate of drug-likeness (QED) is 0.751. The van der Waals surface area contributed by atoms with Gasteiger partial charge in [-0.1, -0.05) is 37.3 Å². The summed E-state index contributed by atoms with van der Waals surface area (Å²) in [5.41, 5.74) is 1.76. The number of nitrogens with one attached hydrogen (secondary N) is 2. The molecule has 1 saturated carbocycles. The van der Waals surface area contributed by atoms with Gasteiger partial charge in [0.05, 0.1) is 19.0 Å². The Bertz CT molecular complexity index is 717. The minimum absolute atomic E-state index is 0.423. The molecule has 6 nitrogen and oxygen atoms in total. The molecule has 1 fully saturated rings. The Balaban J connectivity index is 1.74. The lowest BCUT2D eigenvalue weighted by atomic mass is 10.1. The van der Waals surface area contributed by atoms with Gasteiger partial charge in [0.15, 0.2) is 5.82 Å². The lowest BCUT2D eigenvalue weighted by Crippen LogP contribution is -2.20. The number of aryl methyl sites for hydroxylation is 1. The molecule has 1 aromatic heterocycles. The Kier molecular flexibility index (Phi) is 5.91. The van der Waals surface area contributed by atoms with Crippen LogP contribution in [0.2, 0.25) is 5.02 Å². The molecule has 7 heteroatoms. The summed E-state index contributed by atoms with van der Waals surface area (Å²) in [6.07, 6.45) is 9.05. The predicted octanol–water partition coefficient (Wildman–Crippen LogP) is 4.72. The Morgan fingerprint density at radius 2 is 1.92 bits per heavy atom. The van der Waals surface area contributed by atoms with Crippen molar-refractivity contribution in [3.05, 3.63) is 28.9 Å². The summed E-state index contributed by atoms with van der Waals surface area (Å²) < 4.78 is 5.39. The van der Waals surface area contributed by atoms with Gasteiger partial charge in [-0.15, -0.1) is 5.10 Å². The van der Waals surface area contributed by atoms with E-state index in [1.807, 2.05) is 13.0 Å². The monoisotopic (exact) mass is 361 g/mol. The van der Waals surface area contributed by atoms with E-state index in [4.69, 9.17) is 16.3 Å². The highest BCUT2D eigenvalue weighted by molar-refractivity contribution is 6.31. The third-order valence-electron chi connectivity index (χ3n) is 4.49. The van der Waals surface area contributed by atoms with Crippen LogP contribution in [0, 0.1) is 6.92 Å². The van der Waals surface area contributed by atoms with E-state index in [9.17, 15) is 0 Å². The van der Waals surface area contributed by atoms with Crippen LogP contribution in [0.15, 0.2) is 18.3 Å². The summed E-state index contributed by atoms with van der Waals surface area (Å²) >= 11 is 6.16. The molecule has 0 aliphatic heterocycles. The molecule has 0 atom stereocenters. The van der Waals surface area contributed by atoms with Crippen LogP contribution in [-0.2, 0) is 0 Å². The summed E-state index contributed by atoms with van der Waals surface area (Å²) in [5.74, 6) is 1.83. The van der Waals surface area contributed by atoms with Gasteiger partial charge in [0.2, 0.25) is 5.95 Å². The van der Waals surface area contributed by atoms with E-state index in [0.717, 1.165) is 24.1 Å². The van der Waals surface area contributed by atoms with Crippen LogP contribution in [0.4, 0.5) is 17.5 Å². The van der Waals surface area contributed by atoms with E-state index in [1.165, 1.54) is 25.7 Å². The van der Waals surface area contributed by atoms with Crippen LogP contribution >= 0.6 is 11.6 Å². The van der Waals surface area contributed by atoms with Gasteiger partial charge in [0.1, 0.15) is 5.75 Å². The van der Waals surface area contributed by atoms with E-state index >= 15 is 0 Å². The zero-order valence-corrected chi connectivity index (χ0v) is 15.4. The van der Waals surface area contributed by atoms with Crippen LogP contribution in [0.3, 0.4) is 0 Å². The largest absolute Gasteiger partial charge is 0.495 e. The molecule has 0 radical (unpaired) electrons. The minimum Gasteiger partial charge on any atom is -0.495 e. The smallest absolute Gasteiger partial charge is 0.244 e. The first-order valence-corrected chi connectivity index (χ1v) is 9.11. The number of ether oxygens (including phenoxy) is 1. The fourth-order valence-corrected chi connectivity index (χ4v) is 3.25. The van der Waals surface area contributed by atoms with Crippen molar-refractivity contribution >= 4 is 29.1 Å². The summed E-state index contributed by atoms with van der Waals surface area (Å²) in [4.78, 5) is 4.54. The molecule has 0 saturated heterocycles. The molecule has 3 rings (SSSR count). The molecule has 134 valence electrons. The third-order valence-corrected chi connectivity index (χ3v) is 4.90. The second kappa shape index (κ2) is 8.34. The molecule has 25 heavy (non-hydrogen) atoms. The number of nitrogens with zero attached hydrogens (tertiary/aromatic N) is 3. The number of aromatic nitrogens is 3. The van der Waals surface area contributed by atoms with Crippen molar-refractivity contribution in [2.45, 2.75) is 51.5 Å². The standard InChI is InChI=1S/C18H24ClN5O/c1-12-9-15(16(25-2)10-14(12)19)22-17-11-20-24-18(23-17)21-13-7-5-3-4-6-8-13/h9-11,13H,3-8H2,1-2H3,(H2,21,22,23,24). The van der Waals surface area contributed by atoms with Gasteiger partial charge in [0, 0.05) is 17.1 Å².